The summed E-state index contributed by atoms with van der Waals surface area (Å²) in [6, 6.07) is -3.16. The van der Waals surface area contributed by atoms with E-state index in [0.717, 1.165) is 17.4 Å². The number of nitrogens with zero attached hydrogens (tertiary/aromatic N) is 7. The van der Waals surface area contributed by atoms with E-state index >= 15 is 0 Å². The van der Waals surface area contributed by atoms with Gasteiger partial charge in [0.2, 0.25) is 11.3 Å². The molecule has 0 unspecified atom stereocenters. The Balaban J connectivity index is 1.44. The summed E-state index contributed by atoms with van der Waals surface area (Å²) in [7, 11) is -5.10. The first-order valence-electron chi connectivity index (χ1n) is 11.3. The van der Waals surface area contributed by atoms with Gasteiger partial charge in [0, 0.05) is 18.0 Å². The van der Waals surface area contributed by atoms with Gasteiger partial charge in [0.15, 0.2) is 23.2 Å². The Bertz CT molecular complexity index is 1690. The Kier molecular flexibility index (Phi) is 8.48. The standard InChI is InChI=1S/C18H20N12O10S2/c19-17-22-8(6-41-17)13(26-40-5-12-24-27-28-25-12)15(33)23-14-9(30(16(14)34)42(37,38)39)3-21-18(35)20-2-7-1-10(31)11(32)4-29(7)36/h1,4,6,9,14,32,36H,2-3,5H2,(H2,19,22)(H,23,33)(H2,20,21,35)(H,37,38,39)(H,24,25,27,28)/b26-13-/t9-,14+/m1/s1. The topological polar surface area (TPSA) is 322 Å². The highest BCUT2D eigenvalue weighted by molar-refractivity contribution is 7.84. The molecule has 1 saturated heterocycles. The van der Waals surface area contributed by atoms with Gasteiger partial charge in [-0.15, -0.1) is 21.5 Å². The van der Waals surface area contributed by atoms with Crippen LogP contribution < -0.4 is 27.1 Å². The van der Waals surface area contributed by atoms with Gasteiger partial charge in [-0.1, -0.05) is 10.4 Å². The molecule has 0 bridgehead atoms. The Hall–Kier alpha value is -5.36. The summed E-state index contributed by atoms with van der Waals surface area (Å²) >= 11 is 0.963. The van der Waals surface area contributed by atoms with Crippen molar-refractivity contribution in [2.75, 3.05) is 12.3 Å². The molecule has 22 nitrogen and oxygen atoms in total. The molecular weight excluding hydrogens is 608 g/mol. The minimum Gasteiger partial charge on any atom is -0.503 e. The zero-order valence-corrected chi connectivity index (χ0v) is 22.4. The number of amides is 4. The maximum absolute atomic E-state index is 13.1. The summed E-state index contributed by atoms with van der Waals surface area (Å²) in [6.45, 7) is -1.33. The molecule has 4 heterocycles. The number of rotatable bonds is 11. The van der Waals surface area contributed by atoms with Crippen LogP contribution in [0.5, 0.6) is 5.75 Å². The van der Waals surface area contributed by atoms with Crippen LogP contribution in [0.15, 0.2) is 27.6 Å². The van der Waals surface area contributed by atoms with Crippen molar-refractivity contribution in [3.63, 3.8) is 0 Å². The van der Waals surface area contributed by atoms with E-state index in [2.05, 4.69) is 46.7 Å². The molecule has 4 amide bonds. The number of aromatic hydroxyl groups is 1. The summed E-state index contributed by atoms with van der Waals surface area (Å²) in [5.74, 6) is -2.92. The number of hydrogen-bond donors (Lipinski definition) is 8. The zero-order valence-electron chi connectivity index (χ0n) is 20.7. The highest BCUT2D eigenvalue weighted by Crippen LogP contribution is 2.23. The number of pyridine rings is 1. The molecule has 224 valence electrons. The fourth-order valence-corrected chi connectivity index (χ4v) is 4.91. The smallest absolute Gasteiger partial charge is 0.362 e. The SMILES string of the molecule is Nc1nc(/C(=N/OCc2nn[nH]n2)C(=O)N[C@@H]2C(=O)N(S(=O)(=O)O)[C@@H]2CNC(=O)NCc2cc(=O)c(O)cn2O)cs1. The van der Waals surface area contributed by atoms with Gasteiger partial charge in [-0.2, -0.15) is 18.4 Å². The number of aromatic nitrogens is 6. The van der Waals surface area contributed by atoms with Gasteiger partial charge < -0.3 is 36.8 Å². The molecule has 9 N–H and O–H groups in total. The number of nitrogens with one attached hydrogen (secondary N) is 4. The zero-order chi connectivity index (χ0) is 30.6. The van der Waals surface area contributed by atoms with Crippen molar-refractivity contribution < 1.29 is 42.5 Å². The molecule has 0 aliphatic carbocycles. The van der Waals surface area contributed by atoms with E-state index in [9.17, 15) is 42.5 Å². The summed E-state index contributed by atoms with van der Waals surface area (Å²) in [6.07, 6.45) is 0.711. The van der Waals surface area contributed by atoms with Gasteiger partial charge >= 0.3 is 16.3 Å². The Morgan fingerprint density at radius 1 is 1.29 bits per heavy atom. The number of nitrogens with two attached hydrogens (primary N) is 1. The monoisotopic (exact) mass is 628 g/mol. The first-order chi connectivity index (χ1) is 19.8. The molecule has 24 heteroatoms. The second-order valence-corrected chi connectivity index (χ2v) is 10.3. The number of carbonyl (C=O) groups excluding carboxylic acids is 3. The van der Waals surface area contributed by atoms with E-state index in [-0.39, 0.29) is 33.3 Å². The number of H-pyrrole nitrogens is 1. The van der Waals surface area contributed by atoms with E-state index < -0.39 is 70.2 Å². The lowest BCUT2D eigenvalue weighted by molar-refractivity contribution is -0.144. The first-order valence-corrected chi connectivity index (χ1v) is 13.5. The number of thiazole rings is 1. The van der Waals surface area contributed by atoms with Crippen LogP contribution >= 0.6 is 11.3 Å². The van der Waals surface area contributed by atoms with Crippen LogP contribution in [0.3, 0.4) is 0 Å². The molecule has 3 aromatic rings. The van der Waals surface area contributed by atoms with Gasteiger partial charge in [-0.3, -0.25) is 18.9 Å². The number of β-lactam (4-membered cyclic amide) rings is 1. The van der Waals surface area contributed by atoms with Gasteiger partial charge in [0.1, 0.15) is 11.7 Å². The molecule has 2 atom stereocenters. The second-order valence-electron chi connectivity index (χ2n) is 8.17. The molecule has 1 aliphatic heterocycles. The third-order valence-electron chi connectivity index (χ3n) is 5.41. The van der Waals surface area contributed by atoms with Crippen LogP contribution in [-0.2, 0) is 37.9 Å². The van der Waals surface area contributed by atoms with E-state index in [1.165, 1.54) is 5.38 Å². The Labute approximate surface area is 237 Å². The van der Waals surface area contributed by atoms with E-state index in [4.69, 9.17) is 10.6 Å². The molecule has 1 fully saturated rings. The maximum atomic E-state index is 13.1. The second kappa shape index (κ2) is 12.0. The van der Waals surface area contributed by atoms with Crippen LogP contribution in [0.4, 0.5) is 9.93 Å². The van der Waals surface area contributed by atoms with Crippen molar-refractivity contribution in [1.82, 2.24) is 50.6 Å². The number of urea groups is 1. The van der Waals surface area contributed by atoms with E-state index in [0.29, 0.717) is 10.9 Å². The lowest BCUT2D eigenvalue weighted by atomic mass is 9.98. The third-order valence-corrected chi connectivity index (χ3v) is 7.04. The fourth-order valence-electron chi connectivity index (χ4n) is 3.49. The molecule has 0 spiro atoms. The fraction of sp³-hybridized carbons (Fsp3) is 0.278. The van der Waals surface area contributed by atoms with Crippen LogP contribution in [0, 0.1) is 0 Å². The maximum Gasteiger partial charge on any atom is 0.362 e. The summed E-state index contributed by atoms with van der Waals surface area (Å²) in [4.78, 5) is 58.5. The molecule has 3 aromatic heterocycles. The van der Waals surface area contributed by atoms with Crippen LogP contribution in [0.1, 0.15) is 17.2 Å². The molecule has 1 aliphatic rings. The quantitative estimate of drug-likeness (QED) is 0.0332. The number of oxime groups is 1. The normalized spacial score (nSPS) is 16.9. The lowest BCUT2D eigenvalue weighted by Crippen LogP contribution is -2.74. The van der Waals surface area contributed by atoms with Crippen molar-refractivity contribution in [1.29, 1.82) is 0 Å². The summed E-state index contributed by atoms with van der Waals surface area (Å²) < 4.78 is 33.5. The molecule has 0 radical (unpaired) electrons. The van der Waals surface area contributed by atoms with E-state index in [1.807, 2.05) is 0 Å². The molecular formula is C18H20N12O10S2. The molecule has 0 saturated carbocycles. The lowest BCUT2D eigenvalue weighted by Gasteiger charge is -2.44. The number of nitrogen functional groups attached to an aromatic ring is 1. The van der Waals surface area contributed by atoms with Gasteiger partial charge in [-0.05, 0) is 0 Å². The summed E-state index contributed by atoms with van der Waals surface area (Å²) in [5, 5.41) is 43.8. The largest absolute Gasteiger partial charge is 0.503 e. The van der Waals surface area contributed by atoms with E-state index in [1.54, 1.807) is 0 Å². The van der Waals surface area contributed by atoms with Crippen LogP contribution in [0.2, 0.25) is 0 Å². The van der Waals surface area contributed by atoms with Gasteiger partial charge in [0.05, 0.1) is 24.5 Å². The Morgan fingerprint density at radius 2 is 2.05 bits per heavy atom. The van der Waals surface area contributed by atoms with Crippen molar-refractivity contribution in [3.05, 3.63) is 45.1 Å². The van der Waals surface area contributed by atoms with Crippen molar-refractivity contribution >= 4 is 50.3 Å². The number of carbonyl (C=O) groups is 3. The average molecular weight is 629 g/mol. The predicted octanol–water partition coefficient (Wildman–Crippen LogP) is -3.74. The van der Waals surface area contributed by atoms with Crippen molar-refractivity contribution in [2.45, 2.75) is 25.2 Å². The molecule has 42 heavy (non-hydrogen) atoms. The van der Waals surface area contributed by atoms with Gasteiger partial charge in [0.25, 0.3) is 11.8 Å². The van der Waals surface area contributed by atoms with Crippen LogP contribution in [0.25, 0.3) is 0 Å². The average Bonchev–Trinajstić information content (AvgIpc) is 3.59. The third kappa shape index (κ3) is 6.67. The first kappa shape index (κ1) is 29.6. The van der Waals surface area contributed by atoms with Crippen molar-refractivity contribution in [2.24, 2.45) is 5.16 Å². The number of aromatic amines is 1. The predicted molar refractivity (Wildman–Crippen MR) is 136 cm³/mol. The highest BCUT2D eigenvalue weighted by Gasteiger charge is 2.54. The minimum absolute atomic E-state index is 0.0489. The minimum atomic E-state index is -5.10. The van der Waals surface area contributed by atoms with Gasteiger partial charge in [-0.25, -0.2) is 14.1 Å². The molecule has 4 rings (SSSR count). The number of tetrazole rings is 1. The van der Waals surface area contributed by atoms with Crippen molar-refractivity contribution in [3.8, 4) is 5.75 Å². The molecule has 0 aromatic carbocycles. The Morgan fingerprint density at radius 3 is 2.69 bits per heavy atom. The summed E-state index contributed by atoms with van der Waals surface area (Å²) in [5.41, 5.74) is 4.18. The number of anilines is 1. The number of hydrogen-bond acceptors (Lipinski definition) is 16. The highest BCUT2D eigenvalue weighted by atomic mass is 32.2. The van der Waals surface area contributed by atoms with Crippen LogP contribution in [-0.4, -0.2) is 100 Å².